The van der Waals surface area contributed by atoms with Gasteiger partial charge in [0.05, 0.1) is 34.4 Å². The minimum atomic E-state index is -4.52. The predicted molar refractivity (Wildman–Crippen MR) is 222 cm³/mol. The van der Waals surface area contributed by atoms with Crippen LogP contribution in [0.1, 0.15) is 181 Å². The van der Waals surface area contributed by atoms with Crippen molar-refractivity contribution < 1.29 is 37.3 Å². The van der Waals surface area contributed by atoms with E-state index in [2.05, 4.69) is 50.3 Å². The number of rotatable bonds is 40. The molecular formula is C44H84NO7P. The van der Waals surface area contributed by atoms with Gasteiger partial charge in [-0.2, -0.15) is 0 Å². The number of esters is 1. The first-order valence-electron chi connectivity index (χ1n) is 21.7. The average Bonchev–Trinajstić information content (AvgIpc) is 3.11. The molecule has 0 amide bonds. The molecule has 0 saturated heterocycles. The molecule has 0 N–H and O–H groups in total. The van der Waals surface area contributed by atoms with Crippen molar-refractivity contribution in [2.24, 2.45) is 0 Å². The Morgan fingerprint density at radius 1 is 0.585 bits per heavy atom. The zero-order valence-electron chi connectivity index (χ0n) is 35.2. The van der Waals surface area contributed by atoms with Crippen LogP contribution in [0.5, 0.6) is 0 Å². The summed E-state index contributed by atoms with van der Waals surface area (Å²) in [5.41, 5.74) is 0. The number of phosphoric acid groups is 1. The summed E-state index contributed by atoms with van der Waals surface area (Å²) in [6.45, 7) is 5.35. The molecule has 0 aliphatic carbocycles. The smallest absolute Gasteiger partial charge is 0.306 e. The van der Waals surface area contributed by atoms with Crippen LogP contribution in [-0.2, 0) is 27.9 Å². The number of phosphoric ester groups is 1. The number of unbranched alkanes of at least 4 members (excludes halogenated alkanes) is 20. The summed E-state index contributed by atoms with van der Waals surface area (Å²) in [5.74, 6) is -0.347. The minimum absolute atomic E-state index is 0.0230. The first-order valence-corrected chi connectivity index (χ1v) is 23.2. The minimum Gasteiger partial charge on any atom is -0.756 e. The number of allylic oxidation sites excluding steroid dienone is 6. The molecule has 0 spiro atoms. The second-order valence-corrected chi connectivity index (χ2v) is 17.1. The van der Waals surface area contributed by atoms with Gasteiger partial charge in [0, 0.05) is 13.0 Å². The molecule has 0 rings (SSSR count). The lowest BCUT2D eigenvalue weighted by atomic mass is 10.1. The van der Waals surface area contributed by atoms with Crippen LogP contribution < -0.4 is 4.89 Å². The van der Waals surface area contributed by atoms with E-state index in [1.165, 1.54) is 109 Å². The first-order chi connectivity index (χ1) is 25.6. The van der Waals surface area contributed by atoms with Gasteiger partial charge < -0.3 is 27.9 Å². The largest absolute Gasteiger partial charge is 0.756 e. The Kier molecular flexibility index (Phi) is 36.7. The van der Waals surface area contributed by atoms with E-state index in [0.717, 1.165) is 51.4 Å². The van der Waals surface area contributed by atoms with Crippen LogP contribution in [0.4, 0.5) is 0 Å². The summed E-state index contributed by atoms with van der Waals surface area (Å²) in [4.78, 5) is 25.0. The van der Waals surface area contributed by atoms with Gasteiger partial charge in [-0.05, 0) is 70.6 Å². The fourth-order valence-electron chi connectivity index (χ4n) is 5.75. The van der Waals surface area contributed by atoms with E-state index in [4.69, 9.17) is 18.5 Å². The lowest BCUT2D eigenvalue weighted by Crippen LogP contribution is -2.37. The number of quaternary nitrogens is 1. The third-order valence-electron chi connectivity index (χ3n) is 9.16. The summed E-state index contributed by atoms with van der Waals surface area (Å²) in [7, 11) is 1.35. The van der Waals surface area contributed by atoms with Crippen LogP contribution in [0, 0.1) is 0 Å². The molecule has 0 aromatic heterocycles. The molecule has 8 nitrogen and oxygen atoms in total. The second kappa shape index (κ2) is 37.6. The second-order valence-electron chi connectivity index (χ2n) is 15.7. The first kappa shape index (κ1) is 51.7. The van der Waals surface area contributed by atoms with Gasteiger partial charge in [0.2, 0.25) is 0 Å². The lowest BCUT2D eigenvalue weighted by molar-refractivity contribution is -0.870. The molecule has 0 saturated carbocycles. The lowest BCUT2D eigenvalue weighted by Gasteiger charge is -2.28. The van der Waals surface area contributed by atoms with Gasteiger partial charge in [-0.15, -0.1) is 0 Å². The summed E-state index contributed by atoms with van der Waals surface area (Å²) in [6.07, 6.45) is 42.9. The maximum atomic E-state index is 12.6. The Hall–Kier alpha value is -1.28. The number of ether oxygens (including phenoxy) is 2. The molecule has 0 heterocycles. The van der Waals surface area contributed by atoms with E-state index < -0.39 is 13.9 Å². The van der Waals surface area contributed by atoms with Gasteiger partial charge in [0.25, 0.3) is 7.82 Å². The highest BCUT2D eigenvalue weighted by molar-refractivity contribution is 7.45. The van der Waals surface area contributed by atoms with Crippen molar-refractivity contribution in [1.29, 1.82) is 0 Å². The van der Waals surface area contributed by atoms with Crippen molar-refractivity contribution in [1.82, 2.24) is 0 Å². The van der Waals surface area contributed by atoms with Crippen molar-refractivity contribution in [3.8, 4) is 0 Å². The summed E-state index contributed by atoms with van der Waals surface area (Å²) in [5, 5.41) is 0. The number of nitrogens with zero attached hydrogens (tertiary/aromatic N) is 1. The summed E-state index contributed by atoms with van der Waals surface area (Å²) in [6, 6.07) is 0. The third kappa shape index (κ3) is 41.7. The molecule has 2 unspecified atom stereocenters. The van der Waals surface area contributed by atoms with E-state index in [-0.39, 0.29) is 25.8 Å². The Bertz CT molecular complexity index is 947. The summed E-state index contributed by atoms with van der Waals surface area (Å²) < 4.78 is 34.5. The van der Waals surface area contributed by atoms with Crippen LogP contribution >= 0.6 is 7.82 Å². The molecule has 0 aromatic carbocycles. The average molecular weight is 770 g/mol. The van der Waals surface area contributed by atoms with Crippen LogP contribution in [-0.4, -0.2) is 70.7 Å². The highest BCUT2D eigenvalue weighted by Gasteiger charge is 2.20. The molecule has 0 aliphatic heterocycles. The monoisotopic (exact) mass is 770 g/mol. The predicted octanol–water partition coefficient (Wildman–Crippen LogP) is 12.0. The number of hydrogen-bond donors (Lipinski definition) is 0. The fourth-order valence-corrected chi connectivity index (χ4v) is 6.47. The number of likely N-dealkylation sites (N-methyl/N-ethyl adjacent to an activating group) is 1. The normalized spacial score (nSPS) is 14.2. The standard InChI is InChI=1S/C44H84NO7P/c1-6-8-10-12-14-16-18-20-21-22-23-24-25-26-28-30-32-34-36-39-49-41-43(42-51-53(47,48)50-40-38-45(3,4)5)52-44(46)37-35-33-31-29-27-19-17-15-13-11-9-7-2/h15-18,21-22,43H,6-14,19-20,23-42H2,1-5H3/b17-15-,18-16-,22-21-. The van der Waals surface area contributed by atoms with Crippen LogP contribution in [0.15, 0.2) is 36.5 Å². The highest BCUT2D eigenvalue weighted by Crippen LogP contribution is 2.38. The van der Waals surface area contributed by atoms with Crippen LogP contribution in [0.3, 0.4) is 0 Å². The number of carbonyl (C=O) groups excluding carboxylic acids is 1. The maximum Gasteiger partial charge on any atom is 0.306 e. The topological polar surface area (TPSA) is 94.1 Å². The summed E-state index contributed by atoms with van der Waals surface area (Å²) >= 11 is 0. The van der Waals surface area contributed by atoms with E-state index in [9.17, 15) is 14.3 Å². The molecule has 53 heavy (non-hydrogen) atoms. The van der Waals surface area contributed by atoms with Gasteiger partial charge in [-0.1, -0.05) is 140 Å². The molecule has 0 radical (unpaired) electrons. The third-order valence-corrected chi connectivity index (χ3v) is 10.1. The fraction of sp³-hybridized carbons (Fsp3) is 0.841. The molecule has 0 aliphatic rings. The van der Waals surface area contributed by atoms with Crippen molar-refractivity contribution in [3.05, 3.63) is 36.5 Å². The van der Waals surface area contributed by atoms with Gasteiger partial charge in [0.1, 0.15) is 19.3 Å². The zero-order chi connectivity index (χ0) is 39.1. The molecular weight excluding hydrogens is 685 g/mol. The SMILES string of the molecule is CCCCC/C=C\CCCCCCCC(=O)OC(COCCCCCCCCCC/C=C\C/C=C\CCCCCC)COP(=O)([O-])OCC[N+](C)(C)C. The zero-order valence-corrected chi connectivity index (χ0v) is 36.1. The van der Waals surface area contributed by atoms with Crippen molar-refractivity contribution in [2.45, 2.75) is 187 Å². The molecule has 312 valence electrons. The molecule has 0 bridgehead atoms. The van der Waals surface area contributed by atoms with E-state index in [1.54, 1.807) is 0 Å². The Labute approximate surface area is 327 Å². The van der Waals surface area contributed by atoms with Crippen molar-refractivity contribution >= 4 is 13.8 Å². The Morgan fingerprint density at radius 2 is 1.04 bits per heavy atom. The van der Waals surface area contributed by atoms with Gasteiger partial charge >= 0.3 is 5.97 Å². The molecule has 0 fully saturated rings. The number of hydrogen-bond acceptors (Lipinski definition) is 7. The van der Waals surface area contributed by atoms with Crippen LogP contribution in [0.25, 0.3) is 0 Å². The van der Waals surface area contributed by atoms with E-state index in [1.807, 2.05) is 21.1 Å². The van der Waals surface area contributed by atoms with Crippen molar-refractivity contribution in [3.63, 3.8) is 0 Å². The quantitative estimate of drug-likeness (QED) is 0.0201. The van der Waals surface area contributed by atoms with Gasteiger partial charge in [-0.25, -0.2) is 0 Å². The van der Waals surface area contributed by atoms with E-state index >= 15 is 0 Å². The maximum absolute atomic E-state index is 12.6. The van der Waals surface area contributed by atoms with Gasteiger partial charge in [-0.3, -0.25) is 9.36 Å². The Morgan fingerprint density at radius 3 is 1.58 bits per heavy atom. The number of carbonyl (C=O) groups is 1. The molecule has 0 aromatic rings. The molecule has 9 heteroatoms. The Balaban J connectivity index is 4.22. The molecule has 2 atom stereocenters. The van der Waals surface area contributed by atoms with E-state index in [0.29, 0.717) is 24.1 Å². The highest BCUT2D eigenvalue weighted by atomic mass is 31.2. The van der Waals surface area contributed by atoms with Gasteiger partial charge in [0.15, 0.2) is 0 Å². The van der Waals surface area contributed by atoms with Crippen molar-refractivity contribution in [2.75, 3.05) is 54.1 Å². The van der Waals surface area contributed by atoms with Crippen LogP contribution in [0.2, 0.25) is 0 Å².